The van der Waals surface area contributed by atoms with E-state index in [2.05, 4.69) is 17.1 Å². The number of aryl methyl sites for hydroxylation is 2. The van der Waals surface area contributed by atoms with Gasteiger partial charge in [-0.3, -0.25) is 4.79 Å². The Labute approximate surface area is 146 Å². The van der Waals surface area contributed by atoms with E-state index in [0.717, 1.165) is 29.5 Å². The first kappa shape index (κ1) is 17.2. The van der Waals surface area contributed by atoms with Gasteiger partial charge in [0.25, 0.3) is 0 Å². The number of rotatable bonds is 4. The predicted octanol–water partition coefficient (Wildman–Crippen LogP) is 2.94. The van der Waals surface area contributed by atoms with Crippen LogP contribution in [0.15, 0.2) is 28.9 Å². The number of benzene rings is 1. The fourth-order valence-corrected chi connectivity index (χ4v) is 3.21. The number of piperidine rings is 1. The lowest BCUT2D eigenvalue weighted by molar-refractivity contribution is -0.131. The molecule has 0 radical (unpaired) electrons. The van der Waals surface area contributed by atoms with Crippen LogP contribution < -0.4 is 0 Å². The zero-order chi connectivity index (χ0) is 18.0. The maximum Gasteiger partial charge on any atom is 0.357 e. The van der Waals surface area contributed by atoms with Crippen molar-refractivity contribution in [3.8, 4) is 0 Å². The third-order valence-corrected chi connectivity index (χ3v) is 4.78. The van der Waals surface area contributed by atoms with Crippen LogP contribution >= 0.6 is 0 Å². The molecule has 1 fully saturated rings. The Morgan fingerprint density at radius 1 is 1.28 bits per heavy atom. The number of carbonyl (C=O) groups is 2. The first-order valence-corrected chi connectivity index (χ1v) is 8.46. The highest BCUT2D eigenvalue weighted by Crippen LogP contribution is 2.28. The topological polar surface area (TPSA) is 83.6 Å². The number of hydrogen-bond donors (Lipinski definition) is 1. The number of nitrogens with zero attached hydrogens (tertiary/aromatic N) is 2. The lowest BCUT2D eigenvalue weighted by Gasteiger charge is -2.31. The maximum absolute atomic E-state index is 12.6. The Hall–Kier alpha value is -2.63. The van der Waals surface area contributed by atoms with Crippen LogP contribution in [0.25, 0.3) is 0 Å². The van der Waals surface area contributed by atoms with Crippen LogP contribution in [0.2, 0.25) is 0 Å². The van der Waals surface area contributed by atoms with Gasteiger partial charge in [0.05, 0.1) is 6.42 Å². The summed E-state index contributed by atoms with van der Waals surface area (Å²) in [5.41, 5.74) is 3.30. The molecule has 6 heteroatoms. The molecule has 0 atom stereocenters. The van der Waals surface area contributed by atoms with Gasteiger partial charge >= 0.3 is 5.97 Å². The highest BCUT2D eigenvalue weighted by atomic mass is 16.4. The van der Waals surface area contributed by atoms with E-state index in [1.807, 2.05) is 24.8 Å². The summed E-state index contributed by atoms with van der Waals surface area (Å²) in [5, 5.41) is 8.92. The van der Waals surface area contributed by atoms with E-state index >= 15 is 0 Å². The van der Waals surface area contributed by atoms with Crippen LogP contribution in [0.1, 0.15) is 51.8 Å². The highest BCUT2D eigenvalue weighted by Gasteiger charge is 2.27. The second-order valence-corrected chi connectivity index (χ2v) is 6.64. The van der Waals surface area contributed by atoms with Crippen LogP contribution in [-0.4, -0.2) is 40.0 Å². The van der Waals surface area contributed by atoms with Crippen molar-refractivity contribution >= 4 is 11.9 Å². The van der Waals surface area contributed by atoms with Crippen molar-refractivity contribution in [3.63, 3.8) is 0 Å². The van der Waals surface area contributed by atoms with Crippen molar-refractivity contribution in [2.75, 3.05) is 13.1 Å². The Balaban J connectivity index is 1.58. The average Bonchev–Trinajstić information content (AvgIpc) is 3.08. The van der Waals surface area contributed by atoms with E-state index in [1.54, 1.807) is 0 Å². The molecule has 1 aliphatic rings. The number of hydrogen-bond acceptors (Lipinski definition) is 4. The van der Waals surface area contributed by atoms with Gasteiger partial charge in [0, 0.05) is 19.0 Å². The summed E-state index contributed by atoms with van der Waals surface area (Å²) in [6.45, 7) is 5.33. The molecule has 2 aromatic rings. The van der Waals surface area contributed by atoms with Crippen molar-refractivity contribution < 1.29 is 19.1 Å². The van der Waals surface area contributed by atoms with Gasteiger partial charge in [0.2, 0.25) is 5.91 Å². The zero-order valence-corrected chi connectivity index (χ0v) is 14.5. The second-order valence-electron chi connectivity index (χ2n) is 6.64. The summed E-state index contributed by atoms with van der Waals surface area (Å²) in [6.07, 6.45) is 3.06. The van der Waals surface area contributed by atoms with Gasteiger partial charge in [-0.05, 0) is 37.8 Å². The first-order chi connectivity index (χ1) is 11.9. The minimum Gasteiger partial charge on any atom is -0.476 e. The Bertz CT molecular complexity index is 788. The van der Waals surface area contributed by atoms with E-state index in [9.17, 15) is 9.59 Å². The molecular formula is C19H22N2O4. The van der Waals surface area contributed by atoms with E-state index in [4.69, 9.17) is 9.52 Å². The molecule has 1 aromatic carbocycles. The number of amides is 1. The highest BCUT2D eigenvalue weighted by molar-refractivity contribution is 5.84. The van der Waals surface area contributed by atoms with Crippen LogP contribution in [0.5, 0.6) is 0 Å². The molecule has 0 saturated carbocycles. The normalized spacial score (nSPS) is 15.4. The van der Waals surface area contributed by atoms with E-state index < -0.39 is 5.97 Å². The van der Waals surface area contributed by atoms with Gasteiger partial charge < -0.3 is 14.4 Å². The number of aromatic carboxylic acids is 1. The number of oxazole rings is 1. The van der Waals surface area contributed by atoms with Crippen molar-refractivity contribution in [3.05, 3.63) is 52.7 Å². The molecule has 1 aliphatic heterocycles. The number of carbonyl (C=O) groups excluding carboxylic acids is 1. The minimum atomic E-state index is -1.09. The van der Waals surface area contributed by atoms with Crippen molar-refractivity contribution in [1.29, 1.82) is 0 Å². The van der Waals surface area contributed by atoms with Gasteiger partial charge in [0.1, 0.15) is 6.26 Å². The summed E-state index contributed by atoms with van der Waals surface area (Å²) in [7, 11) is 0. The molecule has 132 valence electrons. The van der Waals surface area contributed by atoms with E-state index in [-0.39, 0.29) is 17.5 Å². The standard InChI is InChI=1S/C19H22N2O4/c1-12-3-4-13(2)15(9-12)10-17(22)21-7-5-14(6-8-21)18-20-16(11-25-18)19(23)24/h3-4,9,11,14H,5-8,10H2,1-2H3,(H,23,24). The van der Waals surface area contributed by atoms with Gasteiger partial charge in [-0.25, -0.2) is 9.78 Å². The number of carboxylic acids is 1. The SMILES string of the molecule is Cc1ccc(C)c(CC(=O)N2CCC(c3nc(C(=O)O)co3)CC2)c1. The smallest absolute Gasteiger partial charge is 0.357 e. The molecular weight excluding hydrogens is 320 g/mol. The summed E-state index contributed by atoms with van der Waals surface area (Å²) in [4.78, 5) is 29.4. The van der Waals surface area contributed by atoms with Crippen molar-refractivity contribution in [1.82, 2.24) is 9.88 Å². The van der Waals surface area contributed by atoms with Gasteiger partial charge in [-0.15, -0.1) is 0 Å². The fourth-order valence-electron chi connectivity index (χ4n) is 3.21. The maximum atomic E-state index is 12.6. The molecule has 0 bridgehead atoms. The molecule has 3 rings (SSSR count). The summed E-state index contributed by atoms with van der Waals surface area (Å²) in [5.74, 6) is -0.432. The Kier molecular flexibility index (Phi) is 4.88. The second kappa shape index (κ2) is 7.09. The molecule has 1 aromatic heterocycles. The summed E-state index contributed by atoms with van der Waals surface area (Å²) in [6, 6.07) is 6.17. The van der Waals surface area contributed by atoms with Gasteiger partial charge in [-0.2, -0.15) is 0 Å². The largest absolute Gasteiger partial charge is 0.476 e. The molecule has 0 aliphatic carbocycles. The molecule has 1 saturated heterocycles. The third kappa shape index (κ3) is 3.90. The Morgan fingerprint density at radius 2 is 2.00 bits per heavy atom. The molecule has 1 N–H and O–H groups in total. The number of carboxylic acid groups (broad SMARTS) is 1. The average molecular weight is 342 g/mol. The fraction of sp³-hybridized carbons (Fsp3) is 0.421. The quantitative estimate of drug-likeness (QED) is 0.923. The molecule has 6 nitrogen and oxygen atoms in total. The predicted molar refractivity (Wildman–Crippen MR) is 91.6 cm³/mol. The lowest BCUT2D eigenvalue weighted by atomic mass is 9.95. The van der Waals surface area contributed by atoms with E-state index in [0.29, 0.717) is 25.4 Å². The van der Waals surface area contributed by atoms with Crippen LogP contribution in [0, 0.1) is 13.8 Å². The van der Waals surface area contributed by atoms with Crippen LogP contribution in [0.3, 0.4) is 0 Å². The summed E-state index contributed by atoms with van der Waals surface area (Å²) < 4.78 is 5.29. The Morgan fingerprint density at radius 3 is 2.64 bits per heavy atom. The monoisotopic (exact) mass is 342 g/mol. The minimum absolute atomic E-state index is 0.0663. The van der Waals surface area contributed by atoms with E-state index in [1.165, 1.54) is 6.26 Å². The summed E-state index contributed by atoms with van der Waals surface area (Å²) >= 11 is 0. The van der Waals surface area contributed by atoms with Crippen LogP contribution in [0.4, 0.5) is 0 Å². The molecule has 1 amide bonds. The lowest BCUT2D eigenvalue weighted by Crippen LogP contribution is -2.39. The molecule has 0 spiro atoms. The first-order valence-electron chi connectivity index (χ1n) is 8.46. The van der Waals surface area contributed by atoms with Gasteiger partial charge in [0.15, 0.2) is 11.6 Å². The van der Waals surface area contributed by atoms with Crippen LogP contribution in [-0.2, 0) is 11.2 Å². The van der Waals surface area contributed by atoms with Gasteiger partial charge in [-0.1, -0.05) is 23.8 Å². The molecule has 2 heterocycles. The number of likely N-dealkylation sites (tertiary alicyclic amines) is 1. The molecule has 25 heavy (non-hydrogen) atoms. The molecule has 0 unspecified atom stereocenters. The van der Waals surface area contributed by atoms with Crippen molar-refractivity contribution in [2.45, 2.75) is 39.0 Å². The number of aromatic nitrogens is 1. The third-order valence-electron chi connectivity index (χ3n) is 4.78. The zero-order valence-electron chi connectivity index (χ0n) is 14.5. The van der Waals surface area contributed by atoms with Crippen molar-refractivity contribution in [2.24, 2.45) is 0 Å².